The number of hydrogen-bond acceptors (Lipinski definition) is 3. The summed E-state index contributed by atoms with van der Waals surface area (Å²) in [6.07, 6.45) is 0.364. The Bertz CT molecular complexity index is 657. The average Bonchev–Trinajstić information content (AvgIpc) is 2.58. The zero-order valence-electron chi connectivity index (χ0n) is 16.8. The summed E-state index contributed by atoms with van der Waals surface area (Å²) in [4.78, 5) is 0. The maximum atomic E-state index is 10.2. The molecule has 0 saturated heterocycles. The number of aliphatic hydroxyl groups is 1. The molecule has 142 valence electrons. The van der Waals surface area contributed by atoms with Crippen molar-refractivity contribution in [2.24, 2.45) is 0 Å². The van der Waals surface area contributed by atoms with Gasteiger partial charge in [-0.15, -0.1) is 0 Å². The second-order valence-electron chi connectivity index (χ2n) is 8.67. The van der Waals surface area contributed by atoms with E-state index in [9.17, 15) is 5.11 Å². The van der Waals surface area contributed by atoms with Crippen molar-refractivity contribution >= 4 is 0 Å². The minimum absolute atomic E-state index is 0.0866. The highest BCUT2D eigenvalue weighted by molar-refractivity contribution is 5.31. The molecule has 0 radical (unpaired) electrons. The topological polar surface area (TPSA) is 41.5 Å². The van der Waals surface area contributed by atoms with Crippen LogP contribution in [0.3, 0.4) is 0 Å². The fourth-order valence-electron chi connectivity index (χ4n) is 2.87. The van der Waals surface area contributed by atoms with Gasteiger partial charge in [0.15, 0.2) is 0 Å². The molecular weight excluding hydrogens is 322 g/mol. The van der Waals surface area contributed by atoms with Gasteiger partial charge in [0, 0.05) is 12.1 Å². The quantitative estimate of drug-likeness (QED) is 0.740. The molecule has 2 aromatic carbocycles. The summed E-state index contributed by atoms with van der Waals surface area (Å²) in [6.45, 7) is 11.7. The Hall–Kier alpha value is -1.84. The van der Waals surface area contributed by atoms with Crippen molar-refractivity contribution in [1.82, 2.24) is 5.32 Å². The van der Waals surface area contributed by atoms with Crippen LogP contribution >= 0.6 is 0 Å². The van der Waals surface area contributed by atoms with Gasteiger partial charge in [0.05, 0.1) is 0 Å². The van der Waals surface area contributed by atoms with Crippen molar-refractivity contribution in [3.63, 3.8) is 0 Å². The van der Waals surface area contributed by atoms with Crippen molar-refractivity contribution in [3.05, 3.63) is 65.7 Å². The Morgan fingerprint density at radius 3 is 2.12 bits per heavy atom. The molecule has 0 aliphatic rings. The predicted molar refractivity (Wildman–Crippen MR) is 109 cm³/mol. The molecule has 0 amide bonds. The number of β-amino-alcohol motifs (C(OH)–C–C–N with tert-alkyl or cyclic N) is 1. The van der Waals surface area contributed by atoms with E-state index in [0.717, 1.165) is 12.2 Å². The number of aliphatic hydroxyl groups excluding tert-OH is 1. The molecule has 0 bridgehead atoms. The molecule has 3 heteroatoms. The third kappa shape index (κ3) is 6.81. The third-order valence-electron chi connectivity index (χ3n) is 4.47. The largest absolute Gasteiger partial charge is 0.491 e. The van der Waals surface area contributed by atoms with Crippen LogP contribution in [0.5, 0.6) is 5.75 Å². The maximum absolute atomic E-state index is 10.2. The Balaban J connectivity index is 1.77. The first-order chi connectivity index (χ1) is 12.2. The number of hydrogen-bond donors (Lipinski definition) is 2. The van der Waals surface area contributed by atoms with Crippen LogP contribution in [0.1, 0.15) is 45.7 Å². The summed E-state index contributed by atoms with van der Waals surface area (Å²) in [5.41, 5.74) is 2.60. The zero-order chi connectivity index (χ0) is 19.2. The van der Waals surface area contributed by atoms with Gasteiger partial charge in [-0.2, -0.15) is 0 Å². The van der Waals surface area contributed by atoms with Gasteiger partial charge in [0.1, 0.15) is 18.5 Å². The summed E-state index contributed by atoms with van der Waals surface area (Å²) in [5.74, 6) is 0.792. The molecule has 1 unspecified atom stereocenters. The average molecular weight is 356 g/mol. The van der Waals surface area contributed by atoms with Crippen molar-refractivity contribution < 1.29 is 9.84 Å². The van der Waals surface area contributed by atoms with Crippen LogP contribution in [0, 0.1) is 0 Å². The summed E-state index contributed by atoms with van der Waals surface area (Å²) in [5, 5.41) is 13.7. The minimum atomic E-state index is -0.549. The molecular formula is C23H33NO2. The predicted octanol–water partition coefficient (Wildman–Crippen LogP) is 4.33. The fraction of sp³-hybridized carbons (Fsp3) is 0.478. The van der Waals surface area contributed by atoms with Crippen molar-refractivity contribution in [2.75, 3.05) is 13.2 Å². The molecule has 2 rings (SSSR count). The van der Waals surface area contributed by atoms with Crippen LogP contribution in [0.4, 0.5) is 0 Å². The van der Waals surface area contributed by atoms with Gasteiger partial charge >= 0.3 is 0 Å². The molecule has 3 nitrogen and oxygen atoms in total. The van der Waals surface area contributed by atoms with Gasteiger partial charge < -0.3 is 15.2 Å². The first kappa shape index (κ1) is 20.5. The lowest BCUT2D eigenvalue weighted by Gasteiger charge is -2.28. The molecule has 0 spiro atoms. The molecule has 0 aliphatic heterocycles. The molecule has 1 atom stereocenters. The van der Waals surface area contributed by atoms with E-state index in [4.69, 9.17) is 4.74 Å². The lowest BCUT2D eigenvalue weighted by atomic mass is 9.87. The smallest absolute Gasteiger partial charge is 0.119 e. The van der Waals surface area contributed by atoms with Crippen LogP contribution in [0.2, 0.25) is 0 Å². The van der Waals surface area contributed by atoms with Crippen LogP contribution < -0.4 is 10.1 Å². The summed E-state index contributed by atoms with van der Waals surface area (Å²) >= 11 is 0. The van der Waals surface area contributed by atoms with Crippen LogP contribution in [-0.2, 0) is 11.8 Å². The van der Waals surface area contributed by atoms with Crippen molar-refractivity contribution in [3.8, 4) is 5.75 Å². The molecule has 2 N–H and O–H groups in total. The number of ether oxygens (including phenoxy) is 1. The van der Waals surface area contributed by atoms with Gasteiger partial charge in [0.2, 0.25) is 0 Å². The van der Waals surface area contributed by atoms with Crippen LogP contribution in [-0.4, -0.2) is 29.9 Å². The zero-order valence-corrected chi connectivity index (χ0v) is 16.8. The lowest BCUT2D eigenvalue weighted by Crippen LogP contribution is -2.46. The van der Waals surface area contributed by atoms with Gasteiger partial charge in [-0.05, 0) is 48.9 Å². The van der Waals surface area contributed by atoms with Crippen molar-refractivity contribution in [1.29, 1.82) is 0 Å². The SMILES string of the molecule is CC(C)(Cc1ccccc1)NCC(O)COc1ccc(C(C)(C)C)cc1. The summed E-state index contributed by atoms with van der Waals surface area (Å²) in [7, 11) is 0. The second kappa shape index (κ2) is 8.70. The molecule has 26 heavy (non-hydrogen) atoms. The third-order valence-corrected chi connectivity index (χ3v) is 4.47. The highest BCUT2D eigenvalue weighted by Crippen LogP contribution is 2.24. The lowest BCUT2D eigenvalue weighted by molar-refractivity contribution is 0.0988. The van der Waals surface area contributed by atoms with Gasteiger partial charge in [-0.3, -0.25) is 0 Å². The van der Waals surface area contributed by atoms with E-state index in [2.05, 4.69) is 76.3 Å². The monoisotopic (exact) mass is 355 g/mol. The molecule has 0 aromatic heterocycles. The number of rotatable bonds is 8. The summed E-state index contributed by atoms with van der Waals surface area (Å²) in [6, 6.07) is 18.5. The van der Waals surface area contributed by atoms with Crippen molar-refractivity contribution in [2.45, 2.75) is 58.1 Å². The summed E-state index contributed by atoms with van der Waals surface area (Å²) < 4.78 is 5.73. The normalized spacial score (nSPS) is 13.5. The van der Waals surface area contributed by atoms with E-state index in [0.29, 0.717) is 6.54 Å². The number of nitrogens with one attached hydrogen (secondary N) is 1. The van der Waals surface area contributed by atoms with E-state index >= 15 is 0 Å². The Morgan fingerprint density at radius 1 is 0.923 bits per heavy atom. The first-order valence-electron chi connectivity index (χ1n) is 9.36. The highest BCUT2D eigenvalue weighted by Gasteiger charge is 2.19. The van der Waals surface area contributed by atoms with Gasteiger partial charge in [-0.1, -0.05) is 63.2 Å². The first-order valence-corrected chi connectivity index (χ1v) is 9.36. The van der Waals surface area contributed by atoms with E-state index in [-0.39, 0.29) is 17.6 Å². The molecule has 0 heterocycles. The van der Waals surface area contributed by atoms with Gasteiger partial charge in [-0.25, -0.2) is 0 Å². The van der Waals surface area contributed by atoms with E-state index in [1.54, 1.807) is 0 Å². The van der Waals surface area contributed by atoms with E-state index < -0.39 is 6.10 Å². The van der Waals surface area contributed by atoms with Crippen LogP contribution in [0.25, 0.3) is 0 Å². The number of benzene rings is 2. The van der Waals surface area contributed by atoms with E-state index in [1.807, 2.05) is 18.2 Å². The van der Waals surface area contributed by atoms with Gasteiger partial charge in [0.25, 0.3) is 0 Å². The van der Waals surface area contributed by atoms with E-state index in [1.165, 1.54) is 11.1 Å². The minimum Gasteiger partial charge on any atom is -0.491 e. The Labute approximate surface area is 158 Å². The second-order valence-corrected chi connectivity index (χ2v) is 8.67. The molecule has 0 aliphatic carbocycles. The fourth-order valence-corrected chi connectivity index (χ4v) is 2.87. The Morgan fingerprint density at radius 2 is 1.54 bits per heavy atom. The molecule has 0 fully saturated rings. The Kier molecular flexibility index (Phi) is 6.85. The molecule has 2 aromatic rings. The van der Waals surface area contributed by atoms with Crippen LogP contribution in [0.15, 0.2) is 54.6 Å². The maximum Gasteiger partial charge on any atom is 0.119 e. The molecule has 0 saturated carbocycles. The highest BCUT2D eigenvalue weighted by atomic mass is 16.5. The standard InChI is InChI=1S/C23H33NO2/c1-22(2,3)19-11-13-21(14-12-19)26-17-20(25)16-24-23(4,5)15-18-9-7-6-8-10-18/h6-14,20,24-25H,15-17H2,1-5H3.